The Hall–Kier alpha value is -0.610. The summed E-state index contributed by atoms with van der Waals surface area (Å²) in [5.41, 5.74) is 5.87. The molecular weight excluding hydrogens is 214 g/mol. The first-order valence-electron chi connectivity index (χ1n) is 6.73. The molecule has 0 aromatic rings. The van der Waals surface area contributed by atoms with Crippen LogP contribution in [-0.4, -0.2) is 55.5 Å². The van der Waals surface area contributed by atoms with E-state index in [0.717, 1.165) is 51.2 Å². The average molecular weight is 241 g/mol. The number of amides is 1. The van der Waals surface area contributed by atoms with Gasteiger partial charge in [-0.3, -0.25) is 4.79 Å². The number of piperidine rings is 1. The maximum Gasteiger partial charge on any atom is 0.239 e. The van der Waals surface area contributed by atoms with Crippen molar-refractivity contribution < 1.29 is 4.79 Å². The Morgan fingerprint density at radius 3 is 2.47 bits per heavy atom. The second-order valence-corrected chi connectivity index (χ2v) is 5.43. The van der Waals surface area contributed by atoms with Crippen LogP contribution in [0.15, 0.2) is 0 Å². The first-order valence-corrected chi connectivity index (χ1v) is 6.73. The largest absolute Gasteiger partial charge is 0.341 e. The minimum atomic E-state index is -0.287. The van der Waals surface area contributed by atoms with Gasteiger partial charge in [0.15, 0.2) is 0 Å². The van der Waals surface area contributed by atoms with Crippen LogP contribution in [0.5, 0.6) is 0 Å². The second-order valence-electron chi connectivity index (χ2n) is 5.43. The van der Waals surface area contributed by atoms with E-state index in [0.29, 0.717) is 0 Å². The standard InChI is InChI=1S/C13H27N3O/c1-4-5-12(14)13(17)16-8-6-11(7-9-16)10-15(2)3/h11-12H,4-10,14H2,1-3H3/t12-/m1/s1. The maximum absolute atomic E-state index is 12.0. The van der Waals surface area contributed by atoms with Crippen LogP contribution in [0.3, 0.4) is 0 Å². The molecule has 0 aliphatic carbocycles. The summed E-state index contributed by atoms with van der Waals surface area (Å²) in [4.78, 5) is 16.2. The smallest absolute Gasteiger partial charge is 0.239 e. The summed E-state index contributed by atoms with van der Waals surface area (Å²) in [6, 6.07) is -0.287. The van der Waals surface area contributed by atoms with Gasteiger partial charge in [-0.25, -0.2) is 0 Å². The highest BCUT2D eigenvalue weighted by Gasteiger charge is 2.25. The third kappa shape index (κ3) is 4.64. The fourth-order valence-corrected chi connectivity index (χ4v) is 2.52. The summed E-state index contributed by atoms with van der Waals surface area (Å²) >= 11 is 0. The summed E-state index contributed by atoms with van der Waals surface area (Å²) in [6.07, 6.45) is 4.01. The van der Waals surface area contributed by atoms with Crippen molar-refractivity contribution in [3.8, 4) is 0 Å². The number of hydrogen-bond donors (Lipinski definition) is 1. The molecule has 4 heteroatoms. The molecule has 1 heterocycles. The zero-order chi connectivity index (χ0) is 12.8. The van der Waals surface area contributed by atoms with E-state index in [1.165, 1.54) is 0 Å². The topological polar surface area (TPSA) is 49.6 Å². The Bertz CT molecular complexity index is 235. The molecule has 1 aliphatic heterocycles. The third-order valence-corrected chi connectivity index (χ3v) is 3.47. The van der Waals surface area contributed by atoms with Gasteiger partial charge in [0.2, 0.25) is 5.91 Å². The van der Waals surface area contributed by atoms with Gasteiger partial charge in [0.25, 0.3) is 0 Å². The van der Waals surface area contributed by atoms with E-state index in [4.69, 9.17) is 5.73 Å². The van der Waals surface area contributed by atoms with Crippen LogP contribution in [0.25, 0.3) is 0 Å². The molecule has 1 saturated heterocycles. The highest BCUT2D eigenvalue weighted by Crippen LogP contribution is 2.18. The van der Waals surface area contributed by atoms with Crippen LogP contribution in [0.2, 0.25) is 0 Å². The highest BCUT2D eigenvalue weighted by atomic mass is 16.2. The van der Waals surface area contributed by atoms with Crippen molar-refractivity contribution in [1.29, 1.82) is 0 Å². The first-order chi connectivity index (χ1) is 8.04. The van der Waals surface area contributed by atoms with E-state index in [9.17, 15) is 4.79 Å². The van der Waals surface area contributed by atoms with Crippen molar-refractivity contribution in [3.05, 3.63) is 0 Å². The molecule has 100 valence electrons. The molecule has 1 fully saturated rings. The second kappa shape index (κ2) is 6.97. The molecule has 1 atom stereocenters. The molecule has 2 N–H and O–H groups in total. The molecule has 4 nitrogen and oxygen atoms in total. The predicted octanol–water partition coefficient (Wildman–Crippen LogP) is 0.914. The lowest BCUT2D eigenvalue weighted by Gasteiger charge is -2.34. The van der Waals surface area contributed by atoms with Crippen molar-refractivity contribution in [2.45, 2.75) is 38.6 Å². The van der Waals surface area contributed by atoms with Crippen molar-refractivity contribution >= 4 is 5.91 Å². The first kappa shape index (κ1) is 14.5. The Morgan fingerprint density at radius 2 is 2.00 bits per heavy atom. The molecule has 0 saturated carbocycles. The molecule has 0 spiro atoms. The molecule has 0 aromatic carbocycles. The number of carbonyl (C=O) groups is 1. The molecule has 0 aromatic heterocycles. The minimum Gasteiger partial charge on any atom is -0.341 e. The van der Waals surface area contributed by atoms with Gasteiger partial charge in [0.05, 0.1) is 6.04 Å². The number of rotatable bonds is 5. The van der Waals surface area contributed by atoms with Crippen LogP contribution in [-0.2, 0) is 4.79 Å². The molecule has 0 radical (unpaired) electrons. The van der Waals surface area contributed by atoms with Crippen molar-refractivity contribution in [3.63, 3.8) is 0 Å². The number of nitrogens with zero attached hydrogens (tertiary/aromatic N) is 2. The lowest BCUT2D eigenvalue weighted by molar-refractivity contribution is -0.134. The van der Waals surface area contributed by atoms with Gasteiger partial charge in [0, 0.05) is 19.6 Å². The van der Waals surface area contributed by atoms with Gasteiger partial charge in [-0.1, -0.05) is 13.3 Å². The third-order valence-electron chi connectivity index (χ3n) is 3.47. The van der Waals surface area contributed by atoms with Crippen LogP contribution in [0.1, 0.15) is 32.6 Å². The van der Waals surface area contributed by atoms with Crippen molar-refractivity contribution in [2.75, 3.05) is 33.7 Å². The quantitative estimate of drug-likeness (QED) is 0.778. The van der Waals surface area contributed by atoms with Crippen LogP contribution in [0.4, 0.5) is 0 Å². The van der Waals surface area contributed by atoms with Gasteiger partial charge < -0.3 is 15.5 Å². The Balaban J connectivity index is 2.33. The average Bonchev–Trinajstić information content (AvgIpc) is 2.28. The number of carbonyl (C=O) groups excluding carboxylic acids is 1. The van der Waals surface area contributed by atoms with Gasteiger partial charge in [-0.15, -0.1) is 0 Å². The van der Waals surface area contributed by atoms with E-state index in [2.05, 4.69) is 25.9 Å². The summed E-state index contributed by atoms with van der Waals surface area (Å²) in [5.74, 6) is 0.881. The molecule has 0 bridgehead atoms. The zero-order valence-corrected chi connectivity index (χ0v) is 11.5. The number of hydrogen-bond acceptors (Lipinski definition) is 3. The zero-order valence-electron chi connectivity index (χ0n) is 11.5. The van der Waals surface area contributed by atoms with E-state index < -0.39 is 0 Å². The summed E-state index contributed by atoms with van der Waals surface area (Å²) < 4.78 is 0. The number of nitrogens with two attached hydrogens (primary N) is 1. The SMILES string of the molecule is CCC[C@@H](N)C(=O)N1CCC(CN(C)C)CC1. The van der Waals surface area contributed by atoms with Crippen molar-refractivity contribution in [1.82, 2.24) is 9.80 Å². The molecular formula is C13H27N3O. The molecule has 0 unspecified atom stereocenters. The summed E-state index contributed by atoms with van der Waals surface area (Å²) in [5, 5.41) is 0. The van der Waals surface area contributed by atoms with Crippen LogP contribution in [0, 0.1) is 5.92 Å². The molecule has 1 aliphatic rings. The predicted molar refractivity (Wildman–Crippen MR) is 70.7 cm³/mol. The Morgan fingerprint density at radius 1 is 1.41 bits per heavy atom. The van der Waals surface area contributed by atoms with E-state index in [-0.39, 0.29) is 11.9 Å². The monoisotopic (exact) mass is 241 g/mol. The van der Waals surface area contributed by atoms with E-state index in [1.54, 1.807) is 0 Å². The lowest BCUT2D eigenvalue weighted by atomic mass is 9.95. The fraction of sp³-hybridized carbons (Fsp3) is 0.923. The van der Waals surface area contributed by atoms with Gasteiger partial charge >= 0.3 is 0 Å². The van der Waals surface area contributed by atoms with E-state index >= 15 is 0 Å². The van der Waals surface area contributed by atoms with Gasteiger partial charge in [-0.05, 0) is 39.3 Å². The van der Waals surface area contributed by atoms with Crippen molar-refractivity contribution in [2.24, 2.45) is 11.7 Å². The Kier molecular flexibility index (Phi) is 5.92. The number of likely N-dealkylation sites (tertiary alicyclic amines) is 1. The van der Waals surface area contributed by atoms with Crippen LogP contribution >= 0.6 is 0 Å². The van der Waals surface area contributed by atoms with Gasteiger partial charge in [0.1, 0.15) is 0 Å². The minimum absolute atomic E-state index is 0.148. The summed E-state index contributed by atoms with van der Waals surface area (Å²) in [7, 11) is 4.21. The summed E-state index contributed by atoms with van der Waals surface area (Å²) in [6.45, 7) is 4.96. The molecule has 17 heavy (non-hydrogen) atoms. The maximum atomic E-state index is 12.0. The van der Waals surface area contributed by atoms with Gasteiger partial charge in [-0.2, -0.15) is 0 Å². The van der Waals surface area contributed by atoms with Crippen LogP contribution < -0.4 is 5.73 Å². The lowest BCUT2D eigenvalue weighted by Crippen LogP contribution is -2.47. The van der Waals surface area contributed by atoms with E-state index in [1.807, 2.05) is 4.90 Å². The fourth-order valence-electron chi connectivity index (χ4n) is 2.52. The normalized spacial score (nSPS) is 19.7. The molecule has 1 rings (SSSR count). The highest BCUT2D eigenvalue weighted by molar-refractivity contribution is 5.81. The Labute approximate surface area is 105 Å². The molecule has 1 amide bonds.